The lowest BCUT2D eigenvalue weighted by atomic mass is 10.1. The van der Waals surface area contributed by atoms with Crippen LogP contribution in [-0.2, 0) is 4.74 Å². The van der Waals surface area contributed by atoms with Crippen LogP contribution in [0, 0.1) is 5.92 Å². The lowest BCUT2D eigenvalue weighted by Crippen LogP contribution is -2.30. The van der Waals surface area contributed by atoms with Gasteiger partial charge in [-0.3, -0.25) is 0 Å². The van der Waals surface area contributed by atoms with Crippen LogP contribution in [0.2, 0.25) is 0 Å². The number of ether oxygens (including phenoxy) is 2. The molecular weight excluding hydrogens is 254 g/mol. The summed E-state index contributed by atoms with van der Waals surface area (Å²) in [6, 6.07) is 7.47. The third-order valence-electron chi connectivity index (χ3n) is 3.05. The van der Waals surface area contributed by atoms with E-state index in [-0.39, 0.29) is 12.1 Å². The summed E-state index contributed by atoms with van der Waals surface area (Å²) in [7, 11) is 1.62. The smallest absolute Gasteiger partial charge is 0.407 e. The highest BCUT2D eigenvalue weighted by Gasteiger charge is 2.16. The van der Waals surface area contributed by atoms with Crippen molar-refractivity contribution in [2.45, 2.75) is 46.3 Å². The van der Waals surface area contributed by atoms with Crippen molar-refractivity contribution in [1.29, 1.82) is 0 Å². The van der Waals surface area contributed by atoms with Crippen molar-refractivity contribution in [3.8, 4) is 5.75 Å². The Morgan fingerprint density at radius 1 is 1.20 bits per heavy atom. The maximum atomic E-state index is 11.8. The molecule has 4 nitrogen and oxygen atoms in total. The molecule has 0 aromatic heterocycles. The van der Waals surface area contributed by atoms with Gasteiger partial charge in [0.1, 0.15) is 11.9 Å². The number of nitrogens with one attached hydrogen (secondary N) is 1. The number of hydrogen-bond donors (Lipinski definition) is 1. The van der Waals surface area contributed by atoms with Crippen molar-refractivity contribution in [1.82, 2.24) is 5.32 Å². The van der Waals surface area contributed by atoms with Gasteiger partial charge in [0.05, 0.1) is 13.2 Å². The van der Waals surface area contributed by atoms with Gasteiger partial charge in [-0.2, -0.15) is 0 Å². The molecule has 1 amide bonds. The van der Waals surface area contributed by atoms with Gasteiger partial charge in [-0.25, -0.2) is 4.79 Å². The van der Waals surface area contributed by atoms with Gasteiger partial charge < -0.3 is 14.8 Å². The summed E-state index contributed by atoms with van der Waals surface area (Å²) in [5, 5.41) is 2.83. The Hall–Kier alpha value is -1.71. The third-order valence-corrected chi connectivity index (χ3v) is 3.05. The van der Waals surface area contributed by atoms with Crippen molar-refractivity contribution in [3.05, 3.63) is 29.8 Å². The standard InChI is InChI=1S/C16H25NO3/c1-11(2)10-12(3)20-16(18)17-13(4)14-8-6-7-9-15(14)19-5/h6-9,11-13H,10H2,1-5H3,(H,17,18). The van der Waals surface area contributed by atoms with E-state index < -0.39 is 6.09 Å². The summed E-state index contributed by atoms with van der Waals surface area (Å²) in [4.78, 5) is 11.8. The zero-order chi connectivity index (χ0) is 15.1. The van der Waals surface area contributed by atoms with Crippen molar-refractivity contribution >= 4 is 6.09 Å². The molecule has 0 fully saturated rings. The average Bonchev–Trinajstić information content (AvgIpc) is 2.37. The summed E-state index contributed by atoms with van der Waals surface area (Å²) in [6.07, 6.45) is 0.382. The van der Waals surface area contributed by atoms with E-state index >= 15 is 0 Å². The maximum Gasteiger partial charge on any atom is 0.407 e. The zero-order valence-electron chi connectivity index (χ0n) is 13.0. The van der Waals surface area contributed by atoms with Crippen molar-refractivity contribution in [2.24, 2.45) is 5.92 Å². The first-order valence-corrected chi connectivity index (χ1v) is 7.04. The van der Waals surface area contributed by atoms with Crippen LogP contribution in [0.1, 0.15) is 45.7 Å². The number of benzene rings is 1. The molecular formula is C16H25NO3. The minimum absolute atomic E-state index is 0.0835. The van der Waals surface area contributed by atoms with Gasteiger partial charge in [-0.1, -0.05) is 32.0 Å². The second-order valence-corrected chi connectivity index (χ2v) is 5.45. The molecule has 112 valence electrons. The molecule has 2 unspecified atom stereocenters. The molecule has 0 spiro atoms. The van der Waals surface area contributed by atoms with Gasteiger partial charge in [-0.15, -0.1) is 0 Å². The Morgan fingerprint density at radius 3 is 2.45 bits per heavy atom. The largest absolute Gasteiger partial charge is 0.496 e. The van der Waals surface area contributed by atoms with E-state index in [4.69, 9.17) is 9.47 Å². The molecule has 1 aromatic carbocycles. The van der Waals surface area contributed by atoms with E-state index in [2.05, 4.69) is 19.2 Å². The zero-order valence-corrected chi connectivity index (χ0v) is 13.0. The molecule has 0 aliphatic rings. The number of para-hydroxylation sites is 1. The lowest BCUT2D eigenvalue weighted by molar-refractivity contribution is 0.0929. The summed E-state index contributed by atoms with van der Waals surface area (Å²) in [5.41, 5.74) is 0.934. The fraction of sp³-hybridized carbons (Fsp3) is 0.562. The van der Waals surface area contributed by atoms with Gasteiger partial charge in [0.2, 0.25) is 0 Å². The van der Waals surface area contributed by atoms with Crippen LogP contribution in [-0.4, -0.2) is 19.3 Å². The Labute approximate surface area is 121 Å². The van der Waals surface area contributed by atoms with Gasteiger partial charge in [0.25, 0.3) is 0 Å². The van der Waals surface area contributed by atoms with Crippen LogP contribution in [0.4, 0.5) is 4.79 Å². The van der Waals surface area contributed by atoms with E-state index in [0.717, 1.165) is 17.7 Å². The van der Waals surface area contributed by atoms with E-state index in [1.807, 2.05) is 38.1 Å². The van der Waals surface area contributed by atoms with E-state index in [1.165, 1.54) is 0 Å². The summed E-state index contributed by atoms with van der Waals surface area (Å²) < 4.78 is 10.6. The number of amides is 1. The molecule has 1 N–H and O–H groups in total. The Morgan fingerprint density at radius 2 is 1.85 bits per heavy atom. The van der Waals surface area contributed by atoms with Crippen LogP contribution < -0.4 is 10.1 Å². The molecule has 0 bridgehead atoms. The number of methoxy groups -OCH3 is 1. The molecule has 0 saturated carbocycles. The number of carbonyl (C=O) groups is 1. The molecule has 2 atom stereocenters. The fourth-order valence-electron chi connectivity index (χ4n) is 2.21. The number of hydrogen-bond acceptors (Lipinski definition) is 3. The Kier molecular flexibility index (Phi) is 6.36. The van der Waals surface area contributed by atoms with Crippen LogP contribution >= 0.6 is 0 Å². The SMILES string of the molecule is COc1ccccc1C(C)NC(=O)OC(C)CC(C)C. The van der Waals surface area contributed by atoms with E-state index in [9.17, 15) is 4.79 Å². The molecule has 20 heavy (non-hydrogen) atoms. The molecule has 1 aromatic rings. The van der Waals surface area contributed by atoms with Crippen molar-refractivity contribution in [2.75, 3.05) is 7.11 Å². The first-order chi connectivity index (χ1) is 9.43. The summed E-state index contributed by atoms with van der Waals surface area (Å²) >= 11 is 0. The van der Waals surface area contributed by atoms with Gasteiger partial charge in [0.15, 0.2) is 0 Å². The fourth-order valence-corrected chi connectivity index (χ4v) is 2.21. The minimum atomic E-state index is -0.392. The van der Waals surface area contributed by atoms with Gasteiger partial charge in [-0.05, 0) is 32.3 Å². The number of carbonyl (C=O) groups excluding carboxylic acids is 1. The molecule has 0 saturated heterocycles. The molecule has 0 radical (unpaired) electrons. The Balaban J connectivity index is 2.57. The number of rotatable bonds is 6. The predicted octanol–water partition coefficient (Wildman–Crippen LogP) is 3.92. The van der Waals surface area contributed by atoms with Gasteiger partial charge in [0, 0.05) is 5.56 Å². The van der Waals surface area contributed by atoms with Crippen LogP contribution in [0.5, 0.6) is 5.75 Å². The van der Waals surface area contributed by atoms with E-state index in [0.29, 0.717) is 5.92 Å². The predicted molar refractivity (Wildman–Crippen MR) is 79.9 cm³/mol. The van der Waals surface area contributed by atoms with E-state index in [1.54, 1.807) is 7.11 Å². The van der Waals surface area contributed by atoms with Crippen molar-refractivity contribution in [3.63, 3.8) is 0 Å². The van der Waals surface area contributed by atoms with Crippen molar-refractivity contribution < 1.29 is 14.3 Å². The normalized spacial score (nSPS) is 13.7. The monoisotopic (exact) mass is 279 g/mol. The maximum absolute atomic E-state index is 11.8. The topological polar surface area (TPSA) is 47.6 Å². The average molecular weight is 279 g/mol. The lowest BCUT2D eigenvalue weighted by Gasteiger charge is -2.20. The van der Waals surface area contributed by atoms with Crippen LogP contribution in [0.15, 0.2) is 24.3 Å². The first-order valence-electron chi connectivity index (χ1n) is 7.04. The second kappa shape index (κ2) is 7.78. The first kappa shape index (κ1) is 16.3. The molecule has 4 heteroatoms. The quantitative estimate of drug-likeness (QED) is 0.858. The minimum Gasteiger partial charge on any atom is -0.496 e. The van der Waals surface area contributed by atoms with Gasteiger partial charge >= 0.3 is 6.09 Å². The highest BCUT2D eigenvalue weighted by atomic mass is 16.6. The highest BCUT2D eigenvalue weighted by Crippen LogP contribution is 2.24. The summed E-state index contributed by atoms with van der Waals surface area (Å²) in [5.74, 6) is 1.26. The molecule has 0 aliphatic heterocycles. The highest BCUT2D eigenvalue weighted by molar-refractivity contribution is 5.68. The summed E-state index contributed by atoms with van der Waals surface area (Å²) in [6.45, 7) is 8.03. The molecule has 0 aliphatic carbocycles. The number of alkyl carbamates (subject to hydrolysis) is 1. The Bertz CT molecular complexity index is 431. The molecule has 0 heterocycles. The van der Waals surface area contributed by atoms with Crippen LogP contribution in [0.3, 0.4) is 0 Å². The third kappa shape index (κ3) is 5.11. The molecule has 1 rings (SSSR count). The second-order valence-electron chi connectivity index (χ2n) is 5.45. The van der Waals surface area contributed by atoms with Crippen LogP contribution in [0.25, 0.3) is 0 Å².